The van der Waals surface area contributed by atoms with Gasteiger partial charge < -0.3 is 14.4 Å². The van der Waals surface area contributed by atoms with E-state index in [4.69, 9.17) is 9.47 Å². The van der Waals surface area contributed by atoms with Crippen molar-refractivity contribution in [1.29, 1.82) is 0 Å². The number of benzene rings is 2. The first-order valence-electron chi connectivity index (χ1n) is 8.76. The summed E-state index contributed by atoms with van der Waals surface area (Å²) in [5.41, 5.74) is 2.47. The fourth-order valence-corrected chi connectivity index (χ4v) is 3.69. The van der Waals surface area contributed by atoms with E-state index < -0.39 is 10.0 Å². The molecule has 0 unspecified atom stereocenters. The molecule has 1 amide bonds. The van der Waals surface area contributed by atoms with Gasteiger partial charge in [-0.3, -0.25) is 4.79 Å². The van der Waals surface area contributed by atoms with Crippen LogP contribution < -0.4 is 14.2 Å². The van der Waals surface area contributed by atoms with Gasteiger partial charge in [0.15, 0.2) is 0 Å². The number of hydrogen-bond acceptors (Lipinski definition) is 5. The number of nitrogens with zero attached hydrogens (tertiary/aromatic N) is 1. The number of hydrogen-bond donors (Lipinski definition) is 1. The molecule has 0 aromatic heterocycles. The molecule has 152 valence electrons. The maximum absolute atomic E-state index is 12.7. The Hall–Kier alpha value is -2.58. The van der Waals surface area contributed by atoms with Crippen LogP contribution in [0.3, 0.4) is 0 Å². The summed E-state index contributed by atoms with van der Waals surface area (Å²) in [5.74, 6) is 0.621. The topological polar surface area (TPSA) is 84.9 Å². The van der Waals surface area contributed by atoms with Crippen LogP contribution in [0.15, 0.2) is 41.3 Å². The molecule has 0 fully saturated rings. The van der Waals surface area contributed by atoms with Gasteiger partial charge in [0.2, 0.25) is 10.0 Å². The van der Waals surface area contributed by atoms with E-state index in [0.29, 0.717) is 13.2 Å². The van der Waals surface area contributed by atoms with Gasteiger partial charge in [0.1, 0.15) is 23.0 Å². The van der Waals surface area contributed by atoms with Crippen LogP contribution in [0.2, 0.25) is 0 Å². The van der Waals surface area contributed by atoms with E-state index in [9.17, 15) is 13.2 Å². The van der Waals surface area contributed by atoms with Crippen LogP contribution in [-0.4, -0.2) is 53.6 Å². The summed E-state index contributed by atoms with van der Waals surface area (Å²) in [4.78, 5) is 14.1. The van der Waals surface area contributed by atoms with Crippen LogP contribution in [0.1, 0.15) is 21.5 Å². The second-order valence-corrected chi connectivity index (χ2v) is 8.33. The van der Waals surface area contributed by atoms with Crippen molar-refractivity contribution in [1.82, 2.24) is 9.62 Å². The lowest BCUT2D eigenvalue weighted by atomic mass is 10.1. The summed E-state index contributed by atoms with van der Waals surface area (Å²) in [7, 11) is 0.571. The third-order valence-electron chi connectivity index (χ3n) is 4.21. The average Bonchev–Trinajstić information content (AvgIpc) is 2.66. The summed E-state index contributed by atoms with van der Waals surface area (Å²) in [6.07, 6.45) is 0. The Balaban J connectivity index is 2.09. The molecular formula is C20H26N2O5S. The third kappa shape index (κ3) is 5.24. The number of sulfonamides is 1. The highest BCUT2D eigenvalue weighted by Gasteiger charge is 2.21. The van der Waals surface area contributed by atoms with Crippen molar-refractivity contribution >= 4 is 15.9 Å². The molecular weight excluding hydrogens is 380 g/mol. The molecule has 0 aliphatic rings. The highest BCUT2D eigenvalue weighted by molar-refractivity contribution is 7.89. The van der Waals surface area contributed by atoms with E-state index in [1.54, 1.807) is 7.05 Å². The lowest BCUT2D eigenvalue weighted by Gasteiger charge is -2.19. The molecule has 1 N–H and O–H groups in total. The van der Waals surface area contributed by atoms with Crippen LogP contribution in [-0.2, 0) is 10.0 Å². The normalized spacial score (nSPS) is 11.2. The van der Waals surface area contributed by atoms with Crippen LogP contribution >= 0.6 is 0 Å². The first-order chi connectivity index (χ1) is 13.2. The van der Waals surface area contributed by atoms with Crippen LogP contribution in [0, 0.1) is 13.8 Å². The Morgan fingerprint density at radius 1 is 1.11 bits per heavy atom. The highest BCUT2D eigenvalue weighted by atomic mass is 32.2. The van der Waals surface area contributed by atoms with Crippen molar-refractivity contribution in [2.24, 2.45) is 0 Å². The summed E-state index contributed by atoms with van der Waals surface area (Å²) in [6.45, 7) is 4.67. The Kier molecular flexibility index (Phi) is 7.04. The van der Waals surface area contributed by atoms with Gasteiger partial charge in [0.05, 0.1) is 13.7 Å². The Labute approximate surface area is 166 Å². The second-order valence-electron chi connectivity index (χ2n) is 6.47. The molecule has 7 nitrogen and oxygen atoms in total. The third-order valence-corrected chi connectivity index (χ3v) is 5.64. The predicted octanol–water partition coefficient (Wildman–Crippen LogP) is 2.37. The molecule has 0 heterocycles. The summed E-state index contributed by atoms with van der Waals surface area (Å²) in [6, 6.07) is 10.3. The largest absolute Gasteiger partial charge is 0.495 e. The van der Waals surface area contributed by atoms with E-state index >= 15 is 0 Å². The van der Waals surface area contributed by atoms with Crippen molar-refractivity contribution in [3.05, 3.63) is 53.1 Å². The molecule has 2 aromatic carbocycles. The summed E-state index contributed by atoms with van der Waals surface area (Å²) < 4.78 is 37.4. The predicted molar refractivity (Wildman–Crippen MR) is 108 cm³/mol. The van der Waals surface area contributed by atoms with E-state index in [1.807, 2.05) is 26.0 Å². The zero-order valence-electron chi connectivity index (χ0n) is 16.8. The van der Waals surface area contributed by atoms with E-state index in [1.165, 1.54) is 37.3 Å². The average molecular weight is 407 g/mol. The Morgan fingerprint density at radius 2 is 1.75 bits per heavy atom. The van der Waals surface area contributed by atoms with Crippen molar-refractivity contribution < 1.29 is 22.7 Å². The van der Waals surface area contributed by atoms with Gasteiger partial charge in [-0.15, -0.1) is 0 Å². The minimum absolute atomic E-state index is 0.0803. The maximum atomic E-state index is 12.7. The zero-order valence-corrected chi connectivity index (χ0v) is 17.6. The number of carbonyl (C=O) groups excluding carboxylic acids is 1. The van der Waals surface area contributed by atoms with E-state index in [0.717, 1.165) is 16.9 Å². The summed E-state index contributed by atoms with van der Waals surface area (Å²) in [5, 5.41) is 0. The van der Waals surface area contributed by atoms with Gasteiger partial charge in [0.25, 0.3) is 5.91 Å². The molecule has 28 heavy (non-hydrogen) atoms. The lowest BCUT2D eigenvalue weighted by Crippen LogP contribution is -2.31. The van der Waals surface area contributed by atoms with Gasteiger partial charge >= 0.3 is 0 Å². The van der Waals surface area contributed by atoms with Crippen molar-refractivity contribution in [2.75, 3.05) is 34.4 Å². The monoisotopic (exact) mass is 406 g/mol. The number of aryl methyl sites for hydroxylation is 2. The number of methoxy groups -OCH3 is 1. The maximum Gasteiger partial charge on any atom is 0.253 e. The fourth-order valence-electron chi connectivity index (χ4n) is 2.77. The minimum atomic E-state index is -3.75. The summed E-state index contributed by atoms with van der Waals surface area (Å²) >= 11 is 0. The quantitative estimate of drug-likeness (QED) is 0.728. The Bertz CT molecular complexity index is 937. The Morgan fingerprint density at radius 3 is 2.32 bits per heavy atom. The second kappa shape index (κ2) is 9.07. The molecule has 0 atom stereocenters. The van der Waals surface area contributed by atoms with Gasteiger partial charge in [0, 0.05) is 12.6 Å². The van der Waals surface area contributed by atoms with Crippen LogP contribution in [0.5, 0.6) is 11.5 Å². The molecule has 0 aliphatic heterocycles. The number of amides is 1. The fraction of sp³-hybridized carbons (Fsp3) is 0.350. The number of rotatable bonds is 8. The first-order valence-corrected chi connectivity index (χ1v) is 10.2. The number of likely N-dealkylation sites (N-methyl/N-ethyl adjacent to an activating group) is 1. The molecule has 0 radical (unpaired) electrons. The van der Waals surface area contributed by atoms with Gasteiger partial charge in [-0.05, 0) is 62.4 Å². The molecule has 2 aromatic rings. The molecule has 2 rings (SSSR count). The van der Waals surface area contributed by atoms with E-state index in [-0.39, 0.29) is 22.1 Å². The van der Waals surface area contributed by atoms with Gasteiger partial charge in [-0.2, -0.15) is 0 Å². The van der Waals surface area contributed by atoms with Crippen molar-refractivity contribution in [2.45, 2.75) is 18.7 Å². The SMILES string of the molecule is CNS(=O)(=O)c1cc(C(=O)N(C)CCOc2cc(C)cc(C)c2)ccc1OC. The molecule has 0 saturated heterocycles. The number of carbonyl (C=O) groups is 1. The lowest BCUT2D eigenvalue weighted by molar-refractivity contribution is 0.0773. The van der Waals surface area contributed by atoms with Crippen molar-refractivity contribution in [3.63, 3.8) is 0 Å². The van der Waals surface area contributed by atoms with Crippen LogP contribution in [0.25, 0.3) is 0 Å². The van der Waals surface area contributed by atoms with E-state index in [2.05, 4.69) is 10.8 Å². The van der Waals surface area contributed by atoms with Gasteiger partial charge in [-0.1, -0.05) is 6.07 Å². The highest BCUT2D eigenvalue weighted by Crippen LogP contribution is 2.25. The standard InChI is InChI=1S/C20H26N2O5S/c1-14-10-15(2)12-17(11-14)27-9-8-22(4)20(23)16-6-7-18(26-5)19(13-16)28(24,25)21-3/h6-7,10-13,21H,8-9H2,1-5H3. The zero-order chi connectivity index (χ0) is 20.9. The van der Waals surface area contributed by atoms with Crippen LogP contribution in [0.4, 0.5) is 0 Å². The van der Waals surface area contributed by atoms with Gasteiger partial charge in [-0.25, -0.2) is 13.1 Å². The minimum Gasteiger partial charge on any atom is -0.495 e. The first kappa shape index (κ1) is 21.7. The molecule has 0 bridgehead atoms. The number of ether oxygens (including phenoxy) is 2. The molecule has 8 heteroatoms. The molecule has 0 aliphatic carbocycles. The van der Waals surface area contributed by atoms with Crippen molar-refractivity contribution in [3.8, 4) is 11.5 Å². The number of nitrogens with one attached hydrogen (secondary N) is 1. The smallest absolute Gasteiger partial charge is 0.253 e. The molecule has 0 saturated carbocycles. The molecule has 0 spiro atoms.